The second kappa shape index (κ2) is 19.4. The van der Waals surface area contributed by atoms with Gasteiger partial charge in [-0.25, -0.2) is 4.39 Å². The Bertz CT molecular complexity index is 1880. The van der Waals surface area contributed by atoms with Crippen LogP contribution in [0.5, 0.6) is 17.2 Å². The minimum absolute atomic E-state index is 0.105. The zero-order chi connectivity index (χ0) is 36.0. The molecule has 0 amide bonds. The lowest BCUT2D eigenvalue weighted by molar-refractivity contribution is -0.118. The van der Waals surface area contributed by atoms with Gasteiger partial charge in [-0.1, -0.05) is 24.3 Å². The summed E-state index contributed by atoms with van der Waals surface area (Å²) in [5, 5.41) is 3.44. The van der Waals surface area contributed by atoms with Crippen molar-refractivity contribution in [3.05, 3.63) is 96.1 Å². The summed E-state index contributed by atoms with van der Waals surface area (Å²) in [5.74, 6) is 1.52. The highest BCUT2D eigenvalue weighted by Crippen LogP contribution is 2.39. The molecule has 0 spiro atoms. The molecule has 52 heavy (non-hydrogen) atoms. The number of methoxy groups -OCH3 is 1. The van der Waals surface area contributed by atoms with Crippen molar-refractivity contribution in [1.82, 2.24) is 9.97 Å². The SMILES string of the molecule is COCCOCCOCCOCCOc1ccccc1NCc1ccc(-c2cc3nccc(Oc4ccc(CC(=O)CC5CC5)cc4F)c3s2)nc1. The Labute approximate surface area is 307 Å². The Kier molecular flexibility index (Phi) is 13.9. The lowest BCUT2D eigenvalue weighted by atomic mass is 10.0. The van der Waals surface area contributed by atoms with Gasteiger partial charge in [0.25, 0.3) is 0 Å². The van der Waals surface area contributed by atoms with Gasteiger partial charge in [0.15, 0.2) is 11.6 Å². The van der Waals surface area contributed by atoms with Crippen LogP contribution in [0.3, 0.4) is 0 Å². The number of hydrogen-bond donors (Lipinski definition) is 1. The second-order valence-corrected chi connectivity index (χ2v) is 13.5. The third kappa shape index (κ3) is 11.3. The Morgan fingerprint density at radius 1 is 0.827 bits per heavy atom. The number of carbonyl (C=O) groups excluding carboxylic acids is 1. The van der Waals surface area contributed by atoms with Gasteiger partial charge in [0.05, 0.1) is 72.7 Å². The number of aromatic nitrogens is 2. The summed E-state index contributed by atoms with van der Waals surface area (Å²) in [7, 11) is 1.64. The molecular formula is C40H44FN3O7S. The van der Waals surface area contributed by atoms with Crippen LogP contribution in [0.25, 0.3) is 20.8 Å². The van der Waals surface area contributed by atoms with Crippen LogP contribution in [0.15, 0.2) is 79.1 Å². The maximum absolute atomic E-state index is 15.0. The summed E-state index contributed by atoms with van der Waals surface area (Å²) in [6.45, 7) is 4.58. The first-order valence-electron chi connectivity index (χ1n) is 17.6. The molecule has 3 heterocycles. The summed E-state index contributed by atoms with van der Waals surface area (Å²) in [4.78, 5) is 22.4. The van der Waals surface area contributed by atoms with Crippen LogP contribution in [0.2, 0.25) is 0 Å². The number of carbonyl (C=O) groups is 1. The molecule has 274 valence electrons. The van der Waals surface area contributed by atoms with Crippen LogP contribution >= 0.6 is 11.3 Å². The van der Waals surface area contributed by atoms with E-state index in [4.69, 9.17) is 33.4 Å². The standard InChI is InChI=1S/C40H44FN3O7S/c1-46-14-15-47-16-17-48-18-19-49-20-21-50-37-5-3-2-4-33(37)43-26-30-8-10-34(44-27-30)39-25-35-40(52-39)38(12-13-42-35)51-36-11-9-29(24-32(36)41)23-31(45)22-28-6-7-28/h2-5,8-13,24-25,27-28,43H,6-7,14-23,26H2,1H3. The molecule has 1 fully saturated rings. The number of hydrogen-bond acceptors (Lipinski definition) is 11. The summed E-state index contributed by atoms with van der Waals surface area (Å²) in [6, 6.07) is 20.2. The van der Waals surface area contributed by atoms with Gasteiger partial charge in [-0.3, -0.25) is 14.8 Å². The van der Waals surface area contributed by atoms with Crippen LogP contribution in [0, 0.1) is 11.7 Å². The summed E-state index contributed by atoms with van der Waals surface area (Å²) >= 11 is 1.49. The van der Waals surface area contributed by atoms with Crippen LogP contribution in [0.4, 0.5) is 10.1 Å². The van der Waals surface area contributed by atoms with Gasteiger partial charge in [0.1, 0.15) is 23.9 Å². The summed E-state index contributed by atoms with van der Waals surface area (Å²) in [5.41, 5.74) is 4.07. The van der Waals surface area contributed by atoms with E-state index in [1.807, 2.05) is 48.7 Å². The van der Waals surface area contributed by atoms with Gasteiger partial charge in [0, 0.05) is 45.0 Å². The molecule has 0 unspecified atom stereocenters. The molecule has 0 radical (unpaired) electrons. The van der Waals surface area contributed by atoms with Crippen molar-refractivity contribution in [2.24, 2.45) is 5.92 Å². The van der Waals surface area contributed by atoms with Crippen LogP contribution < -0.4 is 14.8 Å². The van der Waals surface area contributed by atoms with E-state index >= 15 is 4.39 Å². The number of ether oxygens (including phenoxy) is 6. The van der Waals surface area contributed by atoms with Gasteiger partial charge >= 0.3 is 0 Å². The van der Waals surface area contributed by atoms with E-state index in [-0.39, 0.29) is 18.0 Å². The molecular weight excluding hydrogens is 686 g/mol. The molecule has 6 rings (SSSR count). The van der Waals surface area contributed by atoms with Gasteiger partial charge in [-0.05, 0) is 66.3 Å². The molecule has 1 aliphatic carbocycles. The van der Waals surface area contributed by atoms with Crippen molar-refractivity contribution in [2.75, 3.05) is 65.3 Å². The molecule has 12 heteroatoms. The zero-order valence-corrected chi connectivity index (χ0v) is 30.1. The molecule has 2 aromatic carbocycles. The first-order chi connectivity index (χ1) is 25.6. The van der Waals surface area contributed by atoms with Gasteiger partial charge < -0.3 is 33.7 Å². The van der Waals surface area contributed by atoms with Crippen molar-refractivity contribution in [1.29, 1.82) is 0 Å². The molecule has 1 aliphatic rings. The summed E-state index contributed by atoms with van der Waals surface area (Å²) in [6.07, 6.45) is 6.55. The average molecular weight is 730 g/mol. The number of thiophene rings is 1. The topological polar surface area (TPSA) is 110 Å². The Balaban J connectivity index is 0.972. The molecule has 0 saturated heterocycles. The highest BCUT2D eigenvalue weighted by Gasteiger charge is 2.24. The number of benzene rings is 2. The number of halogens is 1. The van der Waals surface area contributed by atoms with Crippen molar-refractivity contribution < 1.29 is 37.6 Å². The quantitative estimate of drug-likeness (QED) is 0.0667. The fourth-order valence-corrected chi connectivity index (χ4v) is 6.47. The van der Waals surface area contributed by atoms with Crippen molar-refractivity contribution in [3.8, 4) is 27.8 Å². The maximum Gasteiger partial charge on any atom is 0.166 e. The lowest BCUT2D eigenvalue weighted by Gasteiger charge is -2.13. The third-order valence-electron chi connectivity index (χ3n) is 8.31. The minimum atomic E-state index is -0.499. The van der Waals surface area contributed by atoms with E-state index in [0.717, 1.165) is 50.6 Å². The molecule has 10 nitrogen and oxygen atoms in total. The number of Topliss-reactive ketones (excluding diaryl/α,β-unsaturated/α-hetero) is 1. The van der Waals surface area contributed by atoms with Crippen LogP contribution in [-0.2, 0) is 36.7 Å². The number of ketones is 1. The maximum atomic E-state index is 15.0. The molecule has 1 saturated carbocycles. The average Bonchev–Trinajstić information content (AvgIpc) is 3.86. The number of nitrogens with one attached hydrogen (secondary N) is 1. The number of rotatable bonds is 23. The van der Waals surface area contributed by atoms with E-state index in [1.165, 1.54) is 17.4 Å². The molecule has 3 aromatic heterocycles. The Hall–Kier alpha value is -4.46. The van der Waals surface area contributed by atoms with Gasteiger partial charge in [-0.15, -0.1) is 11.3 Å². The Morgan fingerprint density at radius 3 is 2.31 bits per heavy atom. The zero-order valence-electron chi connectivity index (χ0n) is 29.3. The highest BCUT2D eigenvalue weighted by molar-refractivity contribution is 7.22. The second-order valence-electron chi connectivity index (χ2n) is 12.4. The first kappa shape index (κ1) is 37.3. The highest BCUT2D eigenvalue weighted by atomic mass is 32.1. The number of anilines is 1. The monoisotopic (exact) mass is 729 g/mol. The molecule has 0 atom stereocenters. The van der Waals surface area contributed by atoms with Crippen molar-refractivity contribution in [3.63, 3.8) is 0 Å². The van der Waals surface area contributed by atoms with E-state index in [1.54, 1.807) is 31.5 Å². The van der Waals surface area contributed by atoms with Crippen molar-refractivity contribution in [2.45, 2.75) is 32.2 Å². The smallest absolute Gasteiger partial charge is 0.166 e. The van der Waals surface area contributed by atoms with Crippen LogP contribution in [0.1, 0.15) is 30.4 Å². The molecule has 1 N–H and O–H groups in total. The molecule has 0 bridgehead atoms. The summed E-state index contributed by atoms with van der Waals surface area (Å²) < 4.78 is 49.2. The largest absolute Gasteiger partial charge is 0.489 e. The fourth-order valence-electron chi connectivity index (χ4n) is 5.43. The Morgan fingerprint density at radius 2 is 1.58 bits per heavy atom. The fraction of sp³-hybridized carbons (Fsp3) is 0.375. The number of nitrogens with zero attached hydrogens (tertiary/aromatic N) is 2. The van der Waals surface area contributed by atoms with Gasteiger partial charge in [-0.2, -0.15) is 0 Å². The van der Waals surface area contributed by atoms with E-state index in [0.29, 0.717) is 83.1 Å². The first-order valence-corrected chi connectivity index (χ1v) is 18.4. The minimum Gasteiger partial charge on any atom is -0.489 e. The predicted octanol–water partition coefficient (Wildman–Crippen LogP) is 7.89. The lowest BCUT2D eigenvalue weighted by Crippen LogP contribution is -2.14. The van der Waals surface area contributed by atoms with E-state index < -0.39 is 5.82 Å². The van der Waals surface area contributed by atoms with Gasteiger partial charge in [0.2, 0.25) is 0 Å². The molecule has 5 aromatic rings. The van der Waals surface area contributed by atoms with Crippen molar-refractivity contribution >= 4 is 33.0 Å². The van der Waals surface area contributed by atoms with E-state index in [9.17, 15) is 4.79 Å². The normalized spacial score (nSPS) is 12.7. The molecule has 0 aliphatic heterocycles. The number of para-hydroxylation sites is 2. The van der Waals surface area contributed by atoms with Crippen LogP contribution in [-0.4, -0.2) is 75.7 Å². The predicted molar refractivity (Wildman–Crippen MR) is 199 cm³/mol. The number of fused-ring (bicyclic) bond motifs is 1. The third-order valence-corrected chi connectivity index (χ3v) is 9.48. The number of pyridine rings is 2. The van der Waals surface area contributed by atoms with E-state index in [2.05, 4.69) is 10.3 Å².